The number of benzene rings is 2. The van der Waals surface area contributed by atoms with Gasteiger partial charge < -0.3 is 5.73 Å². The van der Waals surface area contributed by atoms with Gasteiger partial charge in [0.1, 0.15) is 5.82 Å². The fourth-order valence-electron chi connectivity index (χ4n) is 3.45. The second-order valence-electron chi connectivity index (χ2n) is 6.48. The lowest BCUT2D eigenvalue weighted by molar-refractivity contribution is 0.149. The molecule has 3 rings (SSSR count). The Morgan fingerprint density at radius 1 is 1.09 bits per heavy atom. The van der Waals surface area contributed by atoms with Crippen molar-refractivity contribution in [2.24, 2.45) is 11.7 Å². The van der Waals surface area contributed by atoms with Crippen LogP contribution in [0.2, 0.25) is 5.02 Å². The predicted octanol–water partition coefficient (Wildman–Crippen LogP) is 3.87. The number of halogens is 2. The maximum absolute atomic E-state index is 13.0. The molecule has 23 heavy (non-hydrogen) atoms. The number of nitrogens with zero attached hydrogens (tertiary/aromatic N) is 1. The Morgan fingerprint density at radius 2 is 1.83 bits per heavy atom. The van der Waals surface area contributed by atoms with E-state index in [4.69, 9.17) is 17.3 Å². The highest BCUT2D eigenvalue weighted by Gasteiger charge is 2.25. The van der Waals surface area contributed by atoms with Gasteiger partial charge in [0.2, 0.25) is 0 Å². The maximum Gasteiger partial charge on any atom is 0.123 e. The quantitative estimate of drug-likeness (QED) is 0.921. The van der Waals surface area contributed by atoms with Gasteiger partial charge in [-0.3, -0.25) is 4.90 Å². The minimum absolute atomic E-state index is 0.177. The summed E-state index contributed by atoms with van der Waals surface area (Å²) < 4.78 is 13.0. The van der Waals surface area contributed by atoms with Crippen molar-refractivity contribution in [3.05, 3.63) is 70.5 Å². The lowest BCUT2D eigenvalue weighted by Gasteiger charge is -2.36. The van der Waals surface area contributed by atoms with E-state index in [0.29, 0.717) is 5.92 Å². The molecule has 2 atom stereocenters. The summed E-state index contributed by atoms with van der Waals surface area (Å²) >= 11 is 6.27. The SMILES string of the molecule is NC1CC(Cc2ccc(F)cc2)CN(Cc2ccccc2Cl)C1. The molecule has 2 aromatic rings. The average Bonchev–Trinajstić information content (AvgIpc) is 2.51. The summed E-state index contributed by atoms with van der Waals surface area (Å²) in [6.07, 6.45) is 1.95. The van der Waals surface area contributed by atoms with Crippen molar-refractivity contribution >= 4 is 11.6 Å². The van der Waals surface area contributed by atoms with E-state index in [2.05, 4.69) is 11.0 Å². The molecule has 1 aliphatic rings. The van der Waals surface area contributed by atoms with E-state index in [1.807, 2.05) is 30.3 Å². The maximum atomic E-state index is 13.0. The molecule has 1 heterocycles. The molecule has 0 aromatic heterocycles. The summed E-state index contributed by atoms with van der Waals surface area (Å²) in [7, 11) is 0. The van der Waals surface area contributed by atoms with Crippen molar-refractivity contribution < 1.29 is 4.39 Å². The van der Waals surface area contributed by atoms with Crippen LogP contribution in [-0.4, -0.2) is 24.0 Å². The fraction of sp³-hybridized carbons (Fsp3) is 0.368. The van der Waals surface area contributed by atoms with Crippen molar-refractivity contribution in [1.29, 1.82) is 0 Å². The highest BCUT2D eigenvalue weighted by molar-refractivity contribution is 6.31. The number of rotatable bonds is 4. The van der Waals surface area contributed by atoms with Crippen molar-refractivity contribution in [3.8, 4) is 0 Å². The Bertz CT molecular complexity index is 644. The molecule has 1 fully saturated rings. The van der Waals surface area contributed by atoms with Gasteiger partial charge in [-0.1, -0.05) is 41.9 Å². The van der Waals surface area contributed by atoms with Crippen LogP contribution in [0.3, 0.4) is 0 Å². The second kappa shape index (κ2) is 7.43. The molecule has 0 saturated carbocycles. The zero-order valence-corrected chi connectivity index (χ0v) is 13.8. The van der Waals surface area contributed by atoms with Gasteiger partial charge in [-0.2, -0.15) is 0 Å². The first-order valence-electron chi connectivity index (χ1n) is 8.06. The highest BCUT2D eigenvalue weighted by Crippen LogP contribution is 2.24. The molecule has 0 radical (unpaired) electrons. The van der Waals surface area contributed by atoms with Crippen LogP contribution in [0.15, 0.2) is 48.5 Å². The van der Waals surface area contributed by atoms with Gasteiger partial charge in [0, 0.05) is 30.7 Å². The highest BCUT2D eigenvalue weighted by atomic mass is 35.5. The van der Waals surface area contributed by atoms with Gasteiger partial charge in [-0.15, -0.1) is 0 Å². The predicted molar refractivity (Wildman–Crippen MR) is 92.9 cm³/mol. The molecule has 0 spiro atoms. The number of hydrogen-bond acceptors (Lipinski definition) is 2. The summed E-state index contributed by atoms with van der Waals surface area (Å²) in [4.78, 5) is 2.38. The summed E-state index contributed by atoms with van der Waals surface area (Å²) in [5, 5.41) is 0.807. The third-order valence-corrected chi connectivity index (χ3v) is 4.80. The van der Waals surface area contributed by atoms with E-state index in [1.165, 1.54) is 17.7 Å². The van der Waals surface area contributed by atoms with Crippen LogP contribution in [0.5, 0.6) is 0 Å². The third kappa shape index (κ3) is 4.54. The van der Waals surface area contributed by atoms with E-state index in [1.54, 1.807) is 0 Å². The minimum atomic E-state index is -0.186. The molecule has 2 nitrogen and oxygen atoms in total. The van der Waals surface area contributed by atoms with Crippen LogP contribution in [0.25, 0.3) is 0 Å². The number of hydrogen-bond donors (Lipinski definition) is 1. The molecule has 122 valence electrons. The van der Waals surface area contributed by atoms with Crippen LogP contribution < -0.4 is 5.73 Å². The Morgan fingerprint density at radius 3 is 2.57 bits per heavy atom. The Balaban J connectivity index is 1.64. The number of likely N-dealkylation sites (tertiary alicyclic amines) is 1. The van der Waals surface area contributed by atoms with Gasteiger partial charge in [-0.25, -0.2) is 4.39 Å². The van der Waals surface area contributed by atoms with Crippen LogP contribution >= 0.6 is 11.6 Å². The summed E-state index contributed by atoms with van der Waals surface area (Å²) in [6, 6.07) is 14.9. The summed E-state index contributed by atoms with van der Waals surface area (Å²) in [6.45, 7) is 2.72. The van der Waals surface area contributed by atoms with E-state index in [-0.39, 0.29) is 11.9 Å². The van der Waals surface area contributed by atoms with E-state index >= 15 is 0 Å². The monoisotopic (exact) mass is 332 g/mol. The van der Waals surface area contributed by atoms with Crippen LogP contribution in [0.4, 0.5) is 4.39 Å². The molecular formula is C19H22ClFN2. The zero-order chi connectivity index (χ0) is 16.2. The van der Waals surface area contributed by atoms with Crippen LogP contribution in [-0.2, 0) is 13.0 Å². The van der Waals surface area contributed by atoms with Crippen molar-refractivity contribution in [1.82, 2.24) is 4.90 Å². The van der Waals surface area contributed by atoms with Crippen LogP contribution in [0.1, 0.15) is 17.5 Å². The molecule has 0 bridgehead atoms. The first-order valence-corrected chi connectivity index (χ1v) is 8.44. The topological polar surface area (TPSA) is 29.3 Å². The molecule has 2 unspecified atom stereocenters. The Hall–Kier alpha value is -1.42. The van der Waals surface area contributed by atoms with Crippen molar-refractivity contribution in [2.75, 3.05) is 13.1 Å². The van der Waals surface area contributed by atoms with E-state index in [9.17, 15) is 4.39 Å². The number of piperidine rings is 1. The Labute approximate surface area is 142 Å². The molecule has 2 aromatic carbocycles. The largest absolute Gasteiger partial charge is 0.327 e. The van der Waals surface area contributed by atoms with E-state index < -0.39 is 0 Å². The standard InChI is InChI=1S/C19H22ClFN2/c20-19-4-2-1-3-16(19)12-23-11-15(10-18(22)13-23)9-14-5-7-17(21)8-6-14/h1-8,15,18H,9-13,22H2. The summed E-state index contributed by atoms with van der Waals surface area (Å²) in [5.74, 6) is 0.307. The van der Waals surface area contributed by atoms with Gasteiger partial charge >= 0.3 is 0 Å². The van der Waals surface area contributed by atoms with Gasteiger partial charge in [0.25, 0.3) is 0 Å². The Kier molecular flexibility index (Phi) is 5.31. The van der Waals surface area contributed by atoms with Crippen molar-refractivity contribution in [3.63, 3.8) is 0 Å². The molecular weight excluding hydrogens is 311 g/mol. The smallest absolute Gasteiger partial charge is 0.123 e. The third-order valence-electron chi connectivity index (χ3n) is 4.43. The first kappa shape index (κ1) is 16.4. The molecule has 4 heteroatoms. The lowest BCUT2D eigenvalue weighted by atomic mass is 9.89. The second-order valence-corrected chi connectivity index (χ2v) is 6.89. The normalized spacial score (nSPS) is 22.2. The molecule has 1 saturated heterocycles. The van der Waals surface area contributed by atoms with Crippen LogP contribution in [0, 0.1) is 11.7 Å². The van der Waals surface area contributed by atoms with Gasteiger partial charge in [-0.05, 0) is 48.1 Å². The van der Waals surface area contributed by atoms with Crippen molar-refractivity contribution in [2.45, 2.75) is 25.4 Å². The van der Waals surface area contributed by atoms with Gasteiger partial charge in [0.05, 0.1) is 0 Å². The minimum Gasteiger partial charge on any atom is -0.327 e. The van der Waals surface area contributed by atoms with Gasteiger partial charge in [0.15, 0.2) is 0 Å². The lowest BCUT2D eigenvalue weighted by Crippen LogP contribution is -2.47. The number of nitrogens with two attached hydrogens (primary N) is 1. The van der Waals surface area contributed by atoms with E-state index in [0.717, 1.165) is 43.1 Å². The fourth-order valence-corrected chi connectivity index (χ4v) is 3.64. The zero-order valence-electron chi connectivity index (χ0n) is 13.1. The molecule has 0 aliphatic carbocycles. The average molecular weight is 333 g/mol. The molecule has 1 aliphatic heterocycles. The first-order chi connectivity index (χ1) is 11.1. The molecule has 0 amide bonds. The molecule has 2 N–H and O–H groups in total. The summed E-state index contributed by atoms with van der Waals surface area (Å²) in [5.41, 5.74) is 8.56.